The predicted molar refractivity (Wildman–Crippen MR) is 111 cm³/mol. The molecule has 3 rings (SSSR count). The van der Waals surface area contributed by atoms with Gasteiger partial charge in [0, 0.05) is 6.07 Å². The zero-order valence-electron chi connectivity index (χ0n) is 17.3. The van der Waals surface area contributed by atoms with E-state index in [2.05, 4.69) is 15.2 Å². The molecule has 0 spiro atoms. The number of rotatable bonds is 6. The second kappa shape index (κ2) is 7.73. The van der Waals surface area contributed by atoms with Gasteiger partial charge in [-0.3, -0.25) is 9.59 Å². The quantitative estimate of drug-likeness (QED) is 0.631. The van der Waals surface area contributed by atoms with Crippen LogP contribution in [0.1, 0.15) is 25.2 Å². The van der Waals surface area contributed by atoms with Gasteiger partial charge in [-0.25, -0.2) is 25.9 Å². The van der Waals surface area contributed by atoms with Crippen molar-refractivity contribution in [1.82, 2.24) is 9.88 Å². The molecule has 0 unspecified atom stereocenters. The van der Waals surface area contributed by atoms with Crippen molar-refractivity contribution in [2.24, 2.45) is 5.41 Å². The number of benzene rings is 1. The molecule has 0 bridgehead atoms. The third kappa shape index (κ3) is 4.62. The first kappa shape index (κ1) is 22.9. The van der Waals surface area contributed by atoms with Crippen molar-refractivity contribution in [3.8, 4) is 0 Å². The first-order valence-electron chi connectivity index (χ1n) is 9.14. The molecule has 1 aliphatic rings. The molecule has 2 amide bonds. The fourth-order valence-corrected chi connectivity index (χ4v) is 6.48. The molecule has 2 N–H and O–H groups in total. The van der Waals surface area contributed by atoms with Crippen LogP contribution in [0.2, 0.25) is 0 Å². The zero-order chi connectivity index (χ0) is 23.2. The monoisotopic (exact) mass is 470 g/mol. The van der Waals surface area contributed by atoms with Crippen LogP contribution in [-0.2, 0) is 29.6 Å². The van der Waals surface area contributed by atoms with Gasteiger partial charge >= 0.3 is 0 Å². The summed E-state index contributed by atoms with van der Waals surface area (Å²) >= 11 is 0. The largest absolute Gasteiger partial charge is 0.360 e. The Balaban J connectivity index is 1.77. The van der Waals surface area contributed by atoms with Gasteiger partial charge in [-0.05, 0) is 51.5 Å². The Morgan fingerprint density at radius 2 is 1.94 bits per heavy atom. The van der Waals surface area contributed by atoms with E-state index in [0.717, 1.165) is 0 Å². The fraction of sp³-hybridized carbons (Fsp3) is 0.389. The van der Waals surface area contributed by atoms with Crippen LogP contribution in [0.15, 0.2) is 33.7 Å². The number of carbonyl (C=O) groups excluding carboxylic acids is 2. The Hall–Kier alpha value is -2.77. The SMILES string of the molecule is Cc1cc(NC(=O)CNS(=O)(=O)c2ccc(N3C(=O)C(C)(C)CS3(=O)=O)cc2C)no1. The van der Waals surface area contributed by atoms with Gasteiger partial charge in [0.05, 0.1) is 28.3 Å². The molecule has 1 aromatic carbocycles. The summed E-state index contributed by atoms with van der Waals surface area (Å²) in [6.45, 7) is 5.62. The summed E-state index contributed by atoms with van der Waals surface area (Å²) in [6, 6.07) is 5.23. The molecule has 168 valence electrons. The van der Waals surface area contributed by atoms with E-state index in [1.807, 2.05) is 0 Å². The van der Waals surface area contributed by atoms with Gasteiger partial charge in [0.15, 0.2) is 5.82 Å². The maximum atomic E-state index is 12.6. The summed E-state index contributed by atoms with van der Waals surface area (Å²) in [6.07, 6.45) is 0. The Morgan fingerprint density at radius 3 is 2.45 bits per heavy atom. The van der Waals surface area contributed by atoms with Crippen molar-refractivity contribution in [2.45, 2.75) is 32.6 Å². The maximum absolute atomic E-state index is 12.6. The third-order valence-electron chi connectivity index (χ3n) is 4.59. The van der Waals surface area contributed by atoms with Crippen LogP contribution in [0.4, 0.5) is 11.5 Å². The van der Waals surface area contributed by atoms with Gasteiger partial charge in [0.25, 0.3) is 0 Å². The third-order valence-corrected chi connectivity index (χ3v) is 8.17. The molecule has 2 heterocycles. The molecule has 0 atom stereocenters. The minimum Gasteiger partial charge on any atom is -0.360 e. The molecule has 1 aliphatic heterocycles. The minimum atomic E-state index is -4.09. The first-order valence-corrected chi connectivity index (χ1v) is 12.2. The number of nitrogens with zero attached hydrogens (tertiary/aromatic N) is 2. The zero-order valence-corrected chi connectivity index (χ0v) is 18.9. The molecule has 0 saturated carbocycles. The summed E-state index contributed by atoms with van der Waals surface area (Å²) in [4.78, 5) is 24.3. The Kier molecular flexibility index (Phi) is 5.71. The van der Waals surface area contributed by atoms with E-state index in [0.29, 0.717) is 10.1 Å². The normalized spacial score (nSPS) is 17.7. The predicted octanol–water partition coefficient (Wildman–Crippen LogP) is 0.911. The highest BCUT2D eigenvalue weighted by Gasteiger charge is 2.50. The van der Waals surface area contributed by atoms with Crippen LogP contribution in [0.3, 0.4) is 0 Å². The molecule has 1 aromatic heterocycles. The first-order chi connectivity index (χ1) is 14.2. The van der Waals surface area contributed by atoms with Gasteiger partial charge < -0.3 is 9.84 Å². The van der Waals surface area contributed by atoms with E-state index in [1.165, 1.54) is 45.0 Å². The maximum Gasteiger partial charge on any atom is 0.247 e. The Morgan fingerprint density at radius 1 is 1.26 bits per heavy atom. The smallest absolute Gasteiger partial charge is 0.247 e. The molecule has 11 nitrogen and oxygen atoms in total. The van der Waals surface area contributed by atoms with E-state index in [1.54, 1.807) is 6.92 Å². The number of anilines is 2. The van der Waals surface area contributed by atoms with Crippen molar-refractivity contribution in [1.29, 1.82) is 0 Å². The number of aryl methyl sites for hydroxylation is 2. The van der Waals surface area contributed by atoms with Crippen LogP contribution < -0.4 is 14.3 Å². The van der Waals surface area contributed by atoms with Gasteiger partial charge in [0.1, 0.15) is 5.76 Å². The highest BCUT2D eigenvalue weighted by molar-refractivity contribution is 7.94. The van der Waals surface area contributed by atoms with Gasteiger partial charge in [-0.15, -0.1) is 0 Å². The summed E-state index contributed by atoms with van der Waals surface area (Å²) in [5.74, 6) is -0.933. The lowest BCUT2D eigenvalue weighted by Crippen LogP contribution is -2.34. The van der Waals surface area contributed by atoms with Crippen molar-refractivity contribution >= 4 is 43.4 Å². The lowest BCUT2D eigenvalue weighted by atomic mass is 9.95. The van der Waals surface area contributed by atoms with E-state index in [-0.39, 0.29) is 27.7 Å². The summed E-state index contributed by atoms with van der Waals surface area (Å²) in [5.41, 5.74) is -0.800. The Bertz CT molecular complexity index is 1260. The molecule has 13 heteroatoms. The molecule has 0 aliphatic carbocycles. The summed E-state index contributed by atoms with van der Waals surface area (Å²) in [5, 5.41) is 5.97. The van der Waals surface area contributed by atoms with Crippen LogP contribution in [0.25, 0.3) is 0 Å². The van der Waals surface area contributed by atoms with Crippen LogP contribution >= 0.6 is 0 Å². The number of hydrogen-bond donors (Lipinski definition) is 2. The summed E-state index contributed by atoms with van der Waals surface area (Å²) < 4.78 is 57.8. The number of carbonyl (C=O) groups is 2. The van der Waals surface area contributed by atoms with Crippen LogP contribution in [-0.4, -0.2) is 46.1 Å². The lowest BCUT2D eigenvalue weighted by molar-refractivity contribution is -0.123. The van der Waals surface area contributed by atoms with Crippen molar-refractivity contribution in [3.05, 3.63) is 35.6 Å². The van der Waals surface area contributed by atoms with E-state index in [9.17, 15) is 26.4 Å². The molecule has 1 saturated heterocycles. The molecule has 31 heavy (non-hydrogen) atoms. The van der Waals surface area contributed by atoms with Crippen molar-refractivity contribution in [2.75, 3.05) is 21.9 Å². The molecule has 0 radical (unpaired) electrons. The number of nitrogens with one attached hydrogen (secondary N) is 2. The minimum absolute atomic E-state index is 0.0613. The van der Waals surface area contributed by atoms with E-state index >= 15 is 0 Å². The fourth-order valence-electron chi connectivity index (χ4n) is 3.17. The molecule has 1 fully saturated rings. The highest BCUT2D eigenvalue weighted by atomic mass is 32.2. The van der Waals surface area contributed by atoms with Crippen molar-refractivity contribution in [3.63, 3.8) is 0 Å². The molecule has 2 aromatic rings. The Labute approximate surface area is 179 Å². The van der Waals surface area contributed by atoms with E-state index in [4.69, 9.17) is 4.52 Å². The number of hydrogen-bond acceptors (Lipinski definition) is 8. The average molecular weight is 471 g/mol. The van der Waals surface area contributed by atoms with Gasteiger partial charge in [-0.1, -0.05) is 5.16 Å². The van der Waals surface area contributed by atoms with Crippen LogP contribution in [0, 0.1) is 19.3 Å². The average Bonchev–Trinajstić information content (AvgIpc) is 3.10. The standard InChI is InChI=1S/C18H22N4O7S2/c1-11-7-13(22-17(24)18(3,4)10-30(22,25)26)5-6-14(11)31(27,28)19-9-16(23)20-15-8-12(2)29-21-15/h5-8,19H,9-10H2,1-4H3,(H,20,21,23). The van der Waals surface area contributed by atoms with Crippen LogP contribution in [0.5, 0.6) is 0 Å². The lowest BCUT2D eigenvalue weighted by Gasteiger charge is -2.19. The highest BCUT2D eigenvalue weighted by Crippen LogP contribution is 2.36. The van der Waals surface area contributed by atoms with E-state index < -0.39 is 43.8 Å². The molecular formula is C18H22N4O7S2. The number of aromatic nitrogens is 1. The summed E-state index contributed by atoms with van der Waals surface area (Å²) in [7, 11) is -7.95. The van der Waals surface area contributed by atoms with Gasteiger partial charge in [0.2, 0.25) is 31.9 Å². The second-order valence-electron chi connectivity index (χ2n) is 7.85. The van der Waals surface area contributed by atoms with Crippen molar-refractivity contribution < 1.29 is 30.9 Å². The van der Waals surface area contributed by atoms with Gasteiger partial charge in [-0.2, -0.15) is 0 Å². The molecular weight excluding hydrogens is 448 g/mol. The topological polar surface area (TPSA) is 156 Å². The number of sulfonamides is 2. The second-order valence-corrected chi connectivity index (χ2v) is 11.4. The number of amides is 2.